The molecule has 0 spiro atoms. The van der Waals surface area contributed by atoms with Gasteiger partial charge in [-0.3, -0.25) is 9.59 Å². The highest BCUT2D eigenvalue weighted by Crippen LogP contribution is 2.29. The van der Waals surface area contributed by atoms with Crippen molar-refractivity contribution < 1.29 is 19.1 Å². The molecule has 3 aromatic carbocycles. The molecule has 0 aliphatic carbocycles. The molecule has 0 radical (unpaired) electrons. The van der Waals surface area contributed by atoms with Gasteiger partial charge in [0.2, 0.25) is 0 Å². The smallest absolute Gasteiger partial charge is 0.329 e. The van der Waals surface area contributed by atoms with Crippen molar-refractivity contribution >= 4 is 51.2 Å². The second-order valence-electron chi connectivity index (χ2n) is 6.72. The van der Waals surface area contributed by atoms with Gasteiger partial charge in [-0.25, -0.2) is 5.43 Å². The molecule has 0 saturated heterocycles. The van der Waals surface area contributed by atoms with E-state index in [0.717, 1.165) is 10.0 Å². The quantitative estimate of drug-likeness (QED) is 0.239. The molecule has 0 bridgehead atoms. The molecule has 2 amide bonds. The Hall–Kier alpha value is -3.36. The number of hydrazone groups is 1. The summed E-state index contributed by atoms with van der Waals surface area (Å²) in [5.41, 5.74) is 4.28. The van der Waals surface area contributed by atoms with Crippen LogP contribution in [0.15, 0.2) is 76.3 Å². The van der Waals surface area contributed by atoms with E-state index in [4.69, 9.17) is 21.1 Å². The molecular formula is C24H21BrClN3O4. The van der Waals surface area contributed by atoms with Crippen LogP contribution in [0.25, 0.3) is 0 Å². The van der Waals surface area contributed by atoms with Crippen LogP contribution in [0.1, 0.15) is 18.1 Å². The third kappa shape index (κ3) is 7.62. The Morgan fingerprint density at radius 3 is 2.52 bits per heavy atom. The Morgan fingerprint density at radius 2 is 1.79 bits per heavy atom. The molecule has 0 aliphatic heterocycles. The van der Waals surface area contributed by atoms with Gasteiger partial charge in [0.25, 0.3) is 0 Å². The number of hydrogen-bond acceptors (Lipinski definition) is 5. The van der Waals surface area contributed by atoms with Crippen LogP contribution >= 0.6 is 27.5 Å². The monoisotopic (exact) mass is 529 g/mol. The number of anilines is 1. The topological polar surface area (TPSA) is 89.0 Å². The maximum absolute atomic E-state index is 12.0. The first-order valence-corrected chi connectivity index (χ1v) is 11.2. The molecule has 0 fully saturated rings. The highest BCUT2D eigenvalue weighted by Gasteiger charge is 2.13. The number of carbonyl (C=O) groups excluding carboxylic acids is 2. The summed E-state index contributed by atoms with van der Waals surface area (Å²) in [6.45, 7) is 2.71. The molecule has 9 heteroatoms. The van der Waals surface area contributed by atoms with Gasteiger partial charge in [-0.1, -0.05) is 45.7 Å². The van der Waals surface area contributed by atoms with Gasteiger partial charge >= 0.3 is 11.8 Å². The van der Waals surface area contributed by atoms with Crippen molar-refractivity contribution in [3.63, 3.8) is 0 Å². The number of nitrogens with zero attached hydrogens (tertiary/aromatic N) is 1. The van der Waals surface area contributed by atoms with Gasteiger partial charge in [-0.2, -0.15) is 5.10 Å². The summed E-state index contributed by atoms with van der Waals surface area (Å²) < 4.78 is 12.6. The lowest BCUT2D eigenvalue weighted by molar-refractivity contribution is -0.136. The average Bonchev–Trinajstić information content (AvgIpc) is 2.80. The molecule has 0 aliphatic rings. The standard InChI is InChI=1S/C24H21BrClN3O4/c1-2-32-22-12-17(8-11-21(22)33-15-16-6-9-18(25)10-7-16)14-27-29-24(31)23(30)28-20-5-3-4-19(26)13-20/h3-14H,2,15H2,1H3,(H,28,30)(H,29,31). The number of hydrogen-bond donors (Lipinski definition) is 2. The molecule has 2 N–H and O–H groups in total. The van der Waals surface area contributed by atoms with Crippen molar-refractivity contribution in [3.8, 4) is 11.5 Å². The summed E-state index contributed by atoms with van der Waals surface area (Å²) in [5, 5.41) is 6.73. The Bertz CT molecular complexity index is 1150. The molecule has 3 rings (SSSR count). The van der Waals surface area contributed by atoms with Gasteiger partial charge in [0.15, 0.2) is 11.5 Å². The summed E-state index contributed by atoms with van der Waals surface area (Å²) >= 11 is 9.28. The fraction of sp³-hybridized carbons (Fsp3) is 0.125. The van der Waals surface area contributed by atoms with E-state index in [9.17, 15) is 9.59 Å². The lowest BCUT2D eigenvalue weighted by Crippen LogP contribution is -2.32. The molecule has 7 nitrogen and oxygen atoms in total. The summed E-state index contributed by atoms with van der Waals surface area (Å²) in [7, 11) is 0. The number of nitrogens with one attached hydrogen (secondary N) is 2. The number of rotatable bonds is 8. The van der Waals surface area contributed by atoms with E-state index in [1.54, 1.807) is 36.4 Å². The third-order valence-electron chi connectivity index (χ3n) is 4.24. The average molecular weight is 531 g/mol. The van der Waals surface area contributed by atoms with Crippen LogP contribution in [0.2, 0.25) is 5.02 Å². The van der Waals surface area contributed by atoms with Gasteiger partial charge in [0.1, 0.15) is 6.61 Å². The van der Waals surface area contributed by atoms with E-state index < -0.39 is 11.8 Å². The number of amides is 2. The largest absolute Gasteiger partial charge is 0.490 e. The van der Waals surface area contributed by atoms with Crippen LogP contribution in [-0.4, -0.2) is 24.6 Å². The number of benzene rings is 3. The van der Waals surface area contributed by atoms with Crippen molar-refractivity contribution in [3.05, 3.63) is 87.4 Å². The first-order valence-electron chi connectivity index (χ1n) is 9.98. The SMILES string of the molecule is CCOc1cc(C=NNC(=O)C(=O)Nc2cccc(Cl)c2)ccc1OCc1ccc(Br)cc1. The zero-order chi connectivity index (χ0) is 23.6. The second-order valence-corrected chi connectivity index (χ2v) is 8.07. The predicted octanol–water partition coefficient (Wildman–Crippen LogP) is 5.17. The number of ether oxygens (including phenoxy) is 2. The first kappa shape index (κ1) is 24.3. The van der Waals surface area contributed by atoms with Gasteiger partial charge in [-0.05, 0) is 66.6 Å². The summed E-state index contributed by atoms with van der Waals surface area (Å²) in [5.74, 6) is -0.641. The summed E-state index contributed by atoms with van der Waals surface area (Å²) in [4.78, 5) is 23.9. The van der Waals surface area contributed by atoms with Gasteiger partial charge in [0.05, 0.1) is 12.8 Å². The van der Waals surface area contributed by atoms with Gasteiger partial charge in [-0.15, -0.1) is 0 Å². The van der Waals surface area contributed by atoms with E-state index in [1.807, 2.05) is 31.2 Å². The molecule has 33 heavy (non-hydrogen) atoms. The minimum absolute atomic E-state index is 0.387. The van der Waals surface area contributed by atoms with E-state index >= 15 is 0 Å². The normalized spacial score (nSPS) is 10.6. The number of halogens is 2. The van der Waals surface area contributed by atoms with E-state index in [-0.39, 0.29) is 0 Å². The molecule has 3 aromatic rings. The second kappa shape index (κ2) is 12.0. The maximum atomic E-state index is 12.0. The van der Waals surface area contributed by atoms with Crippen molar-refractivity contribution in [2.24, 2.45) is 5.10 Å². The van der Waals surface area contributed by atoms with Gasteiger partial charge < -0.3 is 14.8 Å². The molecule has 0 aromatic heterocycles. The Kier molecular flexibility index (Phi) is 8.86. The highest BCUT2D eigenvalue weighted by atomic mass is 79.9. The van der Waals surface area contributed by atoms with Crippen LogP contribution in [0.3, 0.4) is 0 Å². The summed E-state index contributed by atoms with van der Waals surface area (Å²) in [6, 6.07) is 19.6. The Morgan fingerprint density at radius 1 is 1.00 bits per heavy atom. The maximum Gasteiger partial charge on any atom is 0.329 e. The van der Waals surface area contributed by atoms with Crippen LogP contribution in [-0.2, 0) is 16.2 Å². The lowest BCUT2D eigenvalue weighted by Gasteiger charge is -2.12. The van der Waals surface area contributed by atoms with Crippen LogP contribution in [0.4, 0.5) is 5.69 Å². The molecule has 0 saturated carbocycles. The fourth-order valence-electron chi connectivity index (χ4n) is 2.70. The number of carbonyl (C=O) groups is 2. The van der Waals surface area contributed by atoms with Crippen molar-refractivity contribution in [1.29, 1.82) is 0 Å². The first-order chi connectivity index (χ1) is 15.9. The third-order valence-corrected chi connectivity index (χ3v) is 5.01. The zero-order valence-corrected chi connectivity index (χ0v) is 20.0. The summed E-state index contributed by atoms with van der Waals surface area (Å²) in [6.07, 6.45) is 1.41. The van der Waals surface area contributed by atoms with E-state index in [0.29, 0.717) is 41.0 Å². The zero-order valence-electron chi connectivity index (χ0n) is 17.7. The molecule has 0 unspecified atom stereocenters. The molecule has 0 atom stereocenters. The molecule has 170 valence electrons. The van der Waals surface area contributed by atoms with Crippen molar-refractivity contribution in [2.45, 2.75) is 13.5 Å². The van der Waals surface area contributed by atoms with Crippen molar-refractivity contribution in [2.75, 3.05) is 11.9 Å². The van der Waals surface area contributed by atoms with E-state index in [1.165, 1.54) is 12.3 Å². The van der Waals surface area contributed by atoms with Crippen LogP contribution in [0.5, 0.6) is 11.5 Å². The lowest BCUT2D eigenvalue weighted by atomic mass is 10.2. The minimum atomic E-state index is -0.911. The Labute approximate surface area is 204 Å². The van der Waals surface area contributed by atoms with Crippen LogP contribution < -0.4 is 20.2 Å². The fourth-order valence-corrected chi connectivity index (χ4v) is 3.16. The van der Waals surface area contributed by atoms with Gasteiger partial charge in [0, 0.05) is 15.2 Å². The molecule has 0 heterocycles. The highest BCUT2D eigenvalue weighted by molar-refractivity contribution is 9.10. The van der Waals surface area contributed by atoms with Crippen LogP contribution in [0, 0.1) is 0 Å². The minimum Gasteiger partial charge on any atom is -0.490 e. The van der Waals surface area contributed by atoms with Crippen molar-refractivity contribution in [1.82, 2.24) is 5.43 Å². The Balaban J connectivity index is 1.59. The molecular weight excluding hydrogens is 510 g/mol. The predicted molar refractivity (Wildman–Crippen MR) is 132 cm³/mol. The van der Waals surface area contributed by atoms with E-state index in [2.05, 4.69) is 31.8 Å².